The minimum atomic E-state index is -0.0110. The van der Waals surface area contributed by atoms with Crippen LogP contribution < -0.4 is 0 Å². The number of hydrogen-bond donors (Lipinski definition) is 0. The van der Waals surface area contributed by atoms with Gasteiger partial charge in [0.1, 0.15) is 0 Å². The van der Waals surface area contributed by atoms with Crippen molar-refractivity contribution in [2.24, 2.45) is 5.92 Å². The Labute approximate surface area is 122 Å². The van der Waals surface area contributed by atoms with E-state index in [4.69, 9.17) is 9.47 Å². The van der Waals surface area contributed by atoms with E-state index >= 15 is 0 Å². The summed E-state index contributed by atoms with van der Waals surface area (Å²) in [4.78, 5) is 0. The lowest BCUT2D eigenvalue weighted by molar-refractivity contribution is -0.109. The third-order valence-electron chi connectivity index (χ3n) is 5.44. The molecule has 1 aromatic rings. The van der Waals surface area contributed by atoms with E-state index in [0.29, 0.717) is 18.6 Å². The predicted molar refractivity (Wildman–Crippen MR) is 80.7 cm³/mol. The Balaban J connectivity index is 1.71. The minimum absolute atomic E-state index is 0.0110. The van der Waals surface area contributed by atoms with Gasteiger partial charge in [0.25, 0.3) is 0 Å². The van der Waals surface area contributed by atoms with Crippen molar-refractivity contribution in [1.82, 2.24) is 0 Å². The lowest BCUT2D eigenvalue weighted by Gasteiger charge is -2.40. The average Bonchev–Trinajstić information content (AvgIpc) is 3.08. The van der Waals surface area contributed by atoms with Crippen LogP contribution in [0.3, 0.4) is 0 Å². The second kappa shape index (κ2) is 4.85. The first kappa shape index (κ1) is 14.1. The molecule has 1 aliphatic carbocycles. The number of fused-ring (bicyclic) bond motifs is 1. The Morgan fingerprint density at radius 2 is 2.05 bits per heavy atom. The second-order valence-electron chi connectivity index (χ2n) is 7.06. The van der Waals surface area contributed by atoms with Crippen molar-refractivity contribution in [2.45, 2.75) is 70.9 Å². The van der Waals surface area contributed by atoms with E-state index in [-0.39, 0.29) is 11.2 Å². The fraction of sp³-hybridized carbons (Fsp3) is 0.667. The van der Waals surface area contributed by atoms with Crippen molar-refractivity contribution in [3.05, 3.63) is 35.4 Å². The molecule has 1 heterocycles. The molecule has 20 heavy (non-hydrogen) atoms. The number of epoxide rings is 1. The lowest BCUT2D eigenvalue weighted by atomic mass is 9.73. The number of benzene rings is 1. The van der Waals surface area contributed by atoms with Gasteiger partial charge in [-0.05, 0) is 43.7 Å². The van der Waals surface area contributed by atoms with E-state index < -0.39 is 0 Å². The molecular formula is C18H26O2. The average molecular weight is 274 g/mol. The molecular weight excluding hydrogens is 248 g/mol. The largest absolute Gasteiger partial charge is 0.370 e. The monoisotopic (exact) mass is 274 g/mol. The highest BCUT2D eigenvalue weighted by atomic mass is 16.6. The second-order valence-corrected chi connectivity index (χ2v) is 7.06. The maximum Gasteiger partial charge on any atom is 0.0922 e. The maximum atomic E-state index is 6.46. The Morgan fingerprint density at radius 3 is 2.70 bits per heavy atom. The molecule has 3 rings (SSSR count). The summed E-state index contributed by atoms with van der Waals surface area (Å²) in [5, 5.41) is 0. The molecule has 0 spiro atoms. The van der Waals surface area contributed by atoms with Gasteiger partial charge in [0.2, 0.25) is 0 Å². The van der Waals surface area contributed by atoms with Crippen LogP contribution in [-0.4, -0.2) is 17.3 Å². The molecule has 2 heteroatoms. The van der Waals surface area contributed by atoms with Crippen molar-refractivity contribution in [3.63, 3.8) is 0 Å². The molecule has 1 aliphatic heterocycles. The molecule has 2 aliphatic rings. The molecule has 0 aromatic heterocycles. The van der Waals surface area contributed by atoms with Crippen LogP contribution in [-0.2, 0) is 16.1 Å². The Kier molecular flexibility index (Phi) is 3.42. The van der Waals surface area contributed by atoms with Crippen LogP contribution in [0.1, 0.15) is 51.2 Å². The van der Waals surface area contributed by atoms with Crippen LogP contribution in [0, 0.1) is 12.8 Å². The Bertz CT molecular complexity index is 496. The summed E-state index contributed by atoms with van der Waals surface area (Å²) >= 11 is 0. The van der Waals surface area contributed by atoms with E-state index in [1.807, 2.05) is 0 Å². The third kappa shape index (κ3) is 2.40. The molecule has 1 saturated heterocycles. The summed E-state index contributed by atoms with van der Waals surface area (Å²) in [6.45, 7) is 9.67. The highest BCUT2D eigenvalue weighted by Crippen LogP contribution is 2.53. The number of aryl methyl sites for hydroxylation is 1. The van der Waals surface area contributed by atoms with Crippen LogP contribution in [0.2, 0.25) is 0 Å². The van der Waals surface area contributed by atoms with E-state index in [0.717, 1.165) is 19.3 Å². The normalized spacial score (nSPS) is 36.0. The van der Waals surface area contributed by atoms with Gasteiger partial charge in [-0.1, -0.05) is 38.1 Å². The van der Waals surface area contributed by atoms with Crippen molar-refractivity contribution in [3.8, 4) is 0 Å². The molecule has 2 nitrogen and oxygen atoms in total. The van der Waals surface area contributed by atoms with E-state index in [2.05, 4.69) is 52.0 Å². The van der Waals surface area contributed by atoms with Crippen molar-refractivity contribution < 1.29 is 9.47 Å². The van der Waals surface area contributed by atoms with E-state index in [1.165, 1.54) is 11.1 Å². The molecule has 0 amide bonds. The Morgan fingerprint density at radius 1 is 1.30 bits per heavy atom. The molecule has 110 valence electrons. The van der Waals surface area contributed by atoms with Crippen LogP contribution in [0.15, 0.2) is 24.3 Å². The predicted octanol–water partition coefficient (Wildman–Crippen LogP) is 4.25. The van der Waals surface area contributed by atoms with Gasteiger partial charge in [-0.15, -0.1) is 0 Å². The quantitative estimate of drug-likeness (QED) is 0.766. The van der Waals surface area contributed by atoms with Gasteiger partial charge in [0.05, 0.1) is 23.9 Å². The van der Waals surface area contributed by atoms with E-state index in [1.54, 1.807) is 0 Å². The van der Waals surface area contributed by atoms with Gasteiger partial charge in [-0.2, -0.15) is 0 Å². The zero-order chi connectivity index (χ0) is 14.4. The zero-order valence-electron chi connectivity index (χ0n) is 13.1. The lowest BCUT2D eigenvalue weighted by Crippen LogP contribution is -2.44. The molecule has 1 saturated carbocycles. The Hall–Kier alpha value is -0.860. The van der Waals surface area contributed by atoms with Crippen LogP contribution in [0.4, 0.5) is 0 Å². The topological polar surface area (TPSA) is 21.8 Å². The summed E-state index contributed by atoms with van der Waals surface area (Å²) in [6, 6.07) is 8.50. The first-order valence-corrected chi connectivity index (χ1v) is 7.81. The summed E-state index contributed by atoms with van der Waals surface area (Å²) in [6.07, 6.45) is 3.70. The number of hydrogen-bond acceptors (Lipinski definition) is 2. The van der Waals surface area contributed by atoms with Gasteiger partial charge in [-0.25, -0.2) is 0 Å². The number of ether oxygens (including phenoxy) is 2. The van der Waals surface area contributed by atoms with E-state index in [9.17, 15) is 0 Å². The minimum Gasteiger partial charge on any atom is -0.370 e. The SMILES string of the molecule is Cc1ccccc1CO[C@]1(C(C)C)CC[C@@]2(C)O[C@H]2C1. The van der Waals surface area contributed by atoms with Crippen molar-refractivity contribution in [1.29, 1.82) is 0 Å². The molecule has 0 radical (unpaired) electrons. The zero-order valence-corrected chi connectivity index (χ0v) is 13.1. The highest BCUT2D eigenvalue weighted by Gasteiger charge is 2.60. The van der Waals surface area contributed by atoms with Crippen molar-refractivity contribution >= 4 is 0 Å². The van der Waals surface area contributed by atoms with Gasteiger partial charge in [-0.3, -0.25) is 0 Å². The van der Waals surface area contributed by atoms with Gasteiger partial charge in [0.15, 0.2) is 0 Å². The summed E-state index contributed by atoms with van der Waals surface area (Å²) in [7, 11) is 0. The van der Waals surface area contributed by atoms with Gasteiger partial charge >= 0.3 is 0 Å². The molecule has 0 bridgehead atoms. The maximum absolute atomic E-state index is 6.46. The summed E-state index contributed by atoms with van der Waals surface area (Å²) in [5.74, 6) is 0.528. The third-order valence-corrected chi connectivity index (χ3v) is 5.44. The first-order valence-electron chi connectivity index (χ1n) is 7.81. The summed E-state index contributed by atoms with van der Waals surface area (Å²) in [5.41, 5.74) is 2.76. The summed E-state index contributed by atoms with van der Waals surface area (Å²) < 4.78 is 12.3. The van der Waals surface area contributed by atoms with Crippen LogP contribution in [0.25, 0.3) is 0 Å². The smallest absolute Gasteiger partial charge is 0.0922 e. The van der Waals surface area contributed by atoms with Crippen LogP contribution >= 0.6 is 0 Å². The molecule has 0 unspecified atom stereocenters. The number of rotatable bonds is 4. The molecule has 1 aromatic carbocycles. The first-order chi connectivity index (χ1) is 9.45. The van der Waals surface area contributed by atoms with Gasteiger partial charge in [0, 0.05) is 6.42 Å². The fourth-order valence-corrected chi connectivity index (χ4v) is 3.46. The van der Waals surface area contributed by atoms with Crippen molar-refractivity contribution in [2.75, 3.05) is 0 Å². The molecule has 2 fully saturated rings. The molecule has 3 atom stereocenters. The molecule has 0 N–H and O–H groups in total. The standard InChI is InChI=1S/C18H26O2/c1-13(2)18(10-9-17(4)16(11-18)20-17)19-12-15-8-6-5-7-14(15)3/h5-8,13,16H,9-12H2,1-4H3/t16-,17+,18+/m0/s1. The highest BCUT2D eigenvalue weighted by molar-refractivity contribution is 5.25. The van der Waals surface area contributed by atoms with Gasteiger partial charge < -0.3 is 9.47 Å². The van der Waals surface area contributed by atoms with Crippen LogP contribution in [0.5, 0.6) is 0 Å². The fourth-order valence-electron chi connectivity index (χ4n) is 3.46.